The normalized spacial score (nSPS) is 20.6. The van der Waals surface area contributed by atoms with Crippen molar-refractivity contribution < 1.29 is 9.90 Å². The van der Waals surface area contributed by atoms with Gasteiger partial charge in [0.1, 0.15) is 0 Å². The van der Waals surface area contributed by atoms with Crippen molar-refractivity contribution in [2.75, 3.05) is 18.1 Å². The molecule has 0 radical (unpaired) electrons. The number of carbonyl (C=O) groups is 1. The van der Waals surface area contributed by atoms with Gasteiger partial charge in [-0.25, -0.2) is 0 Å². The molecule has 1 aliphatic heterocycles. The lowest BCUT2D eigenvalue weighted by atomic mass is 10.1. The molecule has 1 saturated heterocycles. The lowest BCUT2D eigenvalue weighted by molar-refractivity contribution is -0.117. The van der Waals surface area contributed by atoms with Gasteiger partial charge in [-0.05, 0) is 13.0 Å². The number of hydrogen-bond donors (Lipinski definition) is 1. The zero-order chi connectivity index (χ0) is 11.7. The molecule has 2 rings (SSSR count). The van der Waals surface area contributed by atoms with Crippen LogP contribution in [0.3, 0.4) is 0 Å². The Morgan fingerprint density at radius 2 is 2.44 bits per heavy atom. The standard InChI is InChI=1S/C11H13ClN2O2/c1-7-10(3-9(12)4-13-7)14-5-8(6-15)2-11(14)16/h3-4,8,15H,2,5-6H2,1H3. The first-order valence-electron chi connectivity index (χ1n) is 5.15. The first-order valence-corrected chi connectivity index (χ1v) is 5.53. The molecule has 1 amide bonds. The molecule has 1 fully saturated rings. The SMILES string of the molecule is Cc1ncc(Cl)cc1N1CC(CO)CC1=O. The Hall–Kier alpha value is -1.13. The summed E-state index contributed by atoms with van der Waals surface area (Å²) < 4.78 is 0. The number of hydrogen-bond acceptors (Lipinski definition) is 3. The minimum Gasteiger partial charge on any atom is -0.396 e. The van der Waals surface area contributed by atoms with Gasteiger partial charge in [0.15, 0.2) is 0 Å². The molecule has 2 heterocycles. The highest BCUT2D eigenvalue weighted by molar-refractivity contribution is 6.30. The number of aliphatic hydroxyl groups excluding tert-OH is 1. The summed E-state index contributed by atoms with van der Waals surface area (Å²) in [7, 11) is 0. The summed E-state index contributed by atoms with van der Waals surface area (Å²) in [5.41, 5.74) is 1.52. The Kier molecular flexibility index (Phi) is 3.12. The van der Waals surface area contributed by atoms with Gasteiger partial charge in [-0.15, -0.1) is 0 Å². The van der Waals surface area contributed by atoms with Crippen LogP contribution in [0.2, 0.25) is 5.02 Å². The second-order valence-electron chi connectivity index (χ2n) is 4.02. The summed E-state index contributed by atoms with van der Waals surface area (Å²) in [6.45, 7) is 2.42. The second-order valence-corrected chi connectivity index (χ2v) is 4.45. The topological polar surface area (TPSA) is 53.4 Å². The molecule has 0 aromatic carbocycles. The predicted molar refractivity (Wildman–Crippen MR) is 61.5 cm³/mol. The van der Waals surface area contributed by atoms with Crippen molar-refractivity contribution in [1.29, 1.82) is 0 Å². The molecule has 16 heavy (non-hydrogen) atoms. The third-order valence-corrected chi connectivity index (χ3v) is 2.99. The summed E-state index contributed by atoms with van der Waals surface area (Å²) in [5.74, 6) is 0.0390. The number of aromatic nitrogens is 1. The number of halogens is 1. The maximum atomic E-state index is 11.8. The molecule has 0 bridgehead atoms. The summed E-state index contributed by atoms with van der Waals surface area (Å²) in [5, 5.41) is 9.57. The van der Waals surface area contributed by atoms with Crippen LogP contribution >= 0.6 is 11.6 Å². The Morgan fingerprint density at radius 1 is 1.69 bits per heavy atom. The Balaban J connectivity index is 2.30. The summed E-state index contributed by atoms with van der Waals surface area (Å²) in [6, 6.07) is 1.74. The zero-order valence-electron chi connectivity index (χ0n) is 8.98. The molecule has 0 spiro atoms. The molecular weight excluding hydrogens is 228 g/mol. The monoisotopic (exact) mass is 240 g/mol. The van der Waals surface area contributed by atoms with E-state index in [9.17, 15) is 4.79 Å². The highest BCUT2D eigenvalue weighted by Crippen LogP contribution is 2.28. The van der Waals surface area contributed by atoms with Gasteiger partial charge in [0.2, 0.25) is 5.91 Å². The maximum Gasteiger partial charge on any atom is 0.227 e. The Bertz CT molecular complexity index is 422. The van der Waals surface area contributed by atoms with E-state index in [1.165, 1.54) is 0 Å². The van der Waals surface area contributed by atoms with E-state index in [4.69, 9.17) is 16.7 Å². The molecule has 0 saturated carbocycles. The van der Waals surface area contributed by atoms with E-state index in [1.807, 2.05) is 6.92 Å². The third kappa shape index (κ3) is 2.03. The molecule has 1 unspecified atom stereocenters. The van der Waals surface area contributed by atoms with Crippen LogP contribution in [-0.2, 0) is 4.79 Å². The smallest absolute Gasteiger partial charge is 0.227 e. The number of amides is 1. The Morgan fingerprint density at radius 3 is 3.06 bits per heavy atom. The van der Waals surface area contributed by atoms with Gasteiger partial charge in [0, 0.05) is 31.7 Å². The van der Waals surface area contributed by atoms with Crippen molar-refractivity contribution in [3.63, 3.8) is 0 Å². The van der Waals surface area contributed by atoms with Gasteiger partial charge in [-0.3, -0.25) is 9.78 Å². The van der Waals surface area contributed by atoms with Crippen molar-refractivity contribution >= 4 is 23.2 Å². The number of carbonyl (C=O) groups excluding carboxylic acids is 1. The van der Waals surface area contributed by atoms with Gasteiger partial charge in [-0.2, -0.15) is 0 Å². The van der Waals surface area contributed by atoms with Crippen LogP contribution < -0.4 is 4.90 Å². The molecule has 1 N–H and O–H groups in total. The summed E-state index contributed by atoms with van der Waals surface area (Å²) in [4.78, 5) is 17.5. The van der Waals surface area contributed by atoms with Crippen molar-refractivity contribution in [2.45, 2.75) is 13.3 Å². The van der Waals surface area contributed by atoms with E-state index >= 15 is 0 Å². The van der Waals surface area contributed by atoms with Crippen molar-refractivity contribution in [1.82, 2.24) is 4.98 Å². The van der Waals surface area contributed by atoms with Crippen LogP contribution in [0.1, 0.15) is 12.1 Å². The quantitative estimate of drug-likeness (QED) is 0.850. The maximum absolute atomic E-state index is 11.8. The molecule has 4 nitrogen and oxygen atoms in total. The van der Waals surface area contributed by atoms with Crippen LogP contribution in [0, 0.1) is 12.8 Å². The molecule has 1 aliphatic rings. The Labute approximate surface area is 98.9 Å². The predicted octanol–water partition coefficient (Wildman–Crippen LogP) is 1.39. The van der Waals surface area contributed by atoms with E-state index in [0.717, 1.165) is 11.4 Å². The van der Waals surface area contributed by atoms with Gasteiger partial charge < -0.3 is 10.0 Å². The van der Waals surface area contributed by atoms with Crippen molar-refractivity contribution in [3.8, 4) is 0 Å². The molecule has 0 aliphatic carbocycles. The average molecular weight is 241 g/mol. The molecule has 1 atom stereocenters. The number of nitrogens with zero attached hydrogens (tertiary/aromatic N) is 2. The van der Waals surface area contributed by atoms with Crippen LogP contribution in [-0.4, -0.2) is 29.1 Å². The fourth-order valence-electron chi connectivity index (χ4n) is 1.91. The zero-order valence-corrected chi connectivity index (χ0v) is 9.74. The molecule has 86 valence electrons. The number of aliphatic hydroxyl groups is 1. The molecule has 1 aromatic heterocycles. The van der Waals surface area contributed by atoms with E-state index < -0.39 is 0 Å². The molecular formula is C11H13ClN2O2. The van der Waals surface area contributed by atoms with Gasteiger partial charge in [-0.1, -0.05) is 11.6 Å². The molecule has 1 aromatic rings. The fraction of sp³-hybridized carbons (Fsp3) is 0.455. The first-order chi connectivity index (χ1) is 7.61. The number of anilines is 1. The van der Waals surface area contributed by atoms with Crippen LogP contribution in [0.5, 0.6) is 0 Å². The van der Waals surface area contributed by atoms with Crippen molar-refractivity contribution in [3.05, 3.63) is 23.0 Å². The highest BCUT2D eigenvalue weighted by atomic mass is 35.5. The summed E-state index contributed by atoms with van der Waals surface area (Å²) >= 11 is 5.86. The minimum absolute atomic E-state index is 0.0193. The minimum atomic E-state index is 0.0193. The van der Waals surface area contributed by atoms with Gasteiger partial charge in [0.05, 0.1) is 16.4 Å². The third-order valence-electron chi connectivity index (χ3n) is 2.78. The van der Waals surface area contributed by atoms with Crippen LogP contribution in [0.25, 0.3) is 0 Å². The summed E-state index contributed by atoms with van der Waals surface area (Å²) in [6.07, 6.45) is 1.95. The second kappa shape index (κ2) is 4.39. The van der Waals surface area contributed by atoms with Gasteiger partial charge >= 0.3 is 0 Å². The number of rotatable bonds is 2. The van der Waals surface area contributed by atoms with E-state index in [-0.39, 0.29) is 18.4 Å². The fourth-order valence-corrected chi connectivity index (χ4v) is 2.06. The van der Waals surface area contributed by atoms with Crippen LogP contribution in [0.4, 0.5) is 5.69 Å². The van der Waals surface area contributed by atoms with Gasteiger partial charge in [0.25, 0.3) is 0 Å². The lowest BCUT2D eigenvalue weighted by Gasteiger charge is -2.18. The van der Waals surface area contributed by atoms with E-state index in [2.05, 4.69) is 4.98 Å². The first kappa shape index (κ1) is 11.4. The number of pyridine rings is 1. The molecule has 5 heteroatoms. The van der Waals surface area contributed by atoms with Crippen molar-refractivity contribution in [2.24, 2.45) is 5.92 Å². The average Bonchev–Trinajstić information content (AvgIpc) is 2.63. The number of aryl methyl sites for hydroxylation is 1. The lowest BCUT2D eigenvalue weighted by Crippen LogP contribution is -2.26. The van der Waals surface area contributed by atoms with E-state index in [1.54, 1.807) is 17.2 Å². The largest absolute Gasteiger partial charge is 0.396 e. The van der Waals surface area contributed by atoms with Crippen LogP contribution in [0.15, 0.2) is 12.3 Å². The van der Waals surface area contributed by atoms with E-state index in [0.29, 0.717) is 18.0 Å². The highest BCUT2D eigenvalue weighted by Gasteiger charge is 2.31.